The summed E-state index contributed by atoms with van der Waals surface area (Å²) in [6.07, 6.45) is -10.1. The number of halogens is 6. The average Bonchev–Trinajstić information content (AvgIpc) is 2.59. The Balaban J connectivity index is 2.58. The minimum Gasteiger partial charge on any atom is -0.408 e. The van der Waals surface area contributed by atoms with E-state index in [9.17, 15) is 51.4 Å². The van der Waals surface area contributed by atoms with Crippen LogP contribution in [0, 0.1) is 20.2 Å². The van der Waals surface area contributed by atoms with Crippen molar-refractivity contribution in [2.24, 2.45) is 0 Å². The third-order valence-electron chi connectivity index (χ3n) is 3.39. The predicted molar refractivity (Wildman–Crippen MR) is 81.2 cm³/mol. The Morgan fingerprint density at radius 3 is 1.72 bits per heavy atom. The van der Waals surface area contributed by atoms with E-state index < -0.39 is 62.0 Å². The zero-order valence-corrected chi connectivity index (χ0v) is 13.6. The number of esters is 1. The Kier molecular flexibility index (Phi) is 5.48. The highest BCUT2D eigenvalue weighted by molar-refractivity contribution is 5.92. The average molecular weight is 424 g/mol. The maximum atomic E-state index is 12.8. The molecular weight excluding hydrogens is 418 g/mol. The lowest BCUT2D eigenvalue weighted by atomic mass is 10.1. The van der Waals surface area contributed by atoms with Gasteiger partial charge in [-0.05, 0) is 18.2 Å². The number of rotatable bonds is 4. The van der Waals surface area contributed by atoms with Crippen molar-refractivity contribution in [1.29, 1.82) is 0 Å². The highest BCUT2D eigenvalue weighted by Gasteiger charge is 2.39. The molecule has 0 saturated carbocycles. The van der Waals surface area contributed by atoms with Crippen molar-refractivity contribution in [2.75, 3.05) is 0 Å². The molecule has 29 heavy (non-hydrogen) atoms. The SMILES string of the molecule is O=C(Oc1c([N+](=O)[O-])cc(C(F)(F)F)cc1[N+](=O)[O-])c1cccc(C(F)(F)F)c1. The second-order valence-corrected chi connectivity index (χ2v) is 5.32. The molecule has 0 aliphatic heterocycles. The van der Waals surface area contributed by atoms with Crippen molar-refractivity contribution >= 4 is 17.3 Å². The Labute approximate surface area is 155 Å². The lowest BCUT2D eigenvalue weighted by Crippen LogP contribution is -2.14. The monoisotopic (exact) mass is 424 g/mol. The first-order valence-electron chi connectivity index (χ1n) is 7.15. The highest BCUT2D eigenvalue weighted by Crippen LogP contribution is 2.43. The quantitative estimate of drug-likeness (QED) is 0.230. The number of alkyl halides is 6. The van der Waals surface area contributed by atoms with Crippen LogP contribution >= 0.6 is 0 Å². The first-order valence-corrected chi connectivity index (χ1v) is 7.15. The number of ether oxygens (including phenoxy) is 1. The Bertz CT molecular complexity index is 967. The van der Waals surface area contributed by atoms with Crippen LogP contribution in [-0.4, -0.2) is 15.8 Å². The van der Waals surface area contributed by atoms with Gasteiger partial charge in [0.25, 0.3) is 5.75 Å². The van der Waals surface area contributed by atoms with E-state index in [0.29, 0.717) is 12.1 Å². The van der Waals surface area contributed by atoms with Gasteiger partial charge in [0.15, 0.2) is 0 Å². The first kappa shape index (κ1) is 21.6. The van der Waals surface area contributed by atoms with Crippen molar-refractivity contribution in [3.8, 4) is 5.75 Å². The van der Waals surface area contributed by atoms with Crippen LogP contribution < -0.4 is 4.74 Å². The van der Waals surface area contributed by atoms with E-state index >= 15 is 0 Å². The number of benzene rings is 2. The Morgan fingerprint density at radius 1 is 0.828 bits per heavy atom. The highest BCUT2D eigenvalue weighted by atomic mass is 19.4. The van der Waals surface area contributed by atoms with Crippen LogP contribution in [0.2, 0.25) is 0 Å². The van der Waals surface area contributed by atoms with Crippen molar-refractivity contribution < 1.29 is 45.7 Å². The van der Waals surface area contributed by atoms with Crippen molar-refractivity contribution in [1.82, 2.24) is 0 Å². The molecule has 0 radical (unpaired) electrons. The third kappa shape index (κ3) is 4.77. The summed E-state index contributed by atoms with van der Waals surface area (Å²) < 4.78 is 81.1. The predicted octanol–water partition coefficient (Wildman–Crippen LogP) is 4.76. The van der Waals surface area contributed by atoms with Gasteiger partial charge in [0.1, 0.15) is 0 Å². The fourth-order valence-electron chi connectivity index (χ4n) is 2.11. The fourth-order valence-corrected chi connectivity index (χ4v) is 2.11. The number of carbonyl (C=O) groups is 1. The molecule has 8 nitrogen and oxygen atoms in total. The Morgan fingerprint density at radius 2 is 1.31 bits per heavy atom. The van der Waals surface area contributed by atoms with Crippen LogP contribution in [0.4, 0.5) is 37.7 Å². The van der Waals surface area contributed by atoms with Crippen LogP contribution in [0.25, 0.3) is 0 Å². The molecule has 0 aliphatic carbocycles. The van der Waals surface area contributed by atoms with Gasteiger partial charge in [-0.1, -0.05) is 6.07 Å². The molecule has 0 heterocycles. The minimum absolute atomic E-state index is 0.0955. The summed E-state index contributed by atoms with van der Waals surface area (Å²) >= 11 is 0. The fraction of sp³-hybridized carbons (Fsp3) is 0.133. The molecule has 0 saturated heterocycles. The minimum atomic E-state index is -5.20. The van der Waals surface area contributed by atoms with Gasteiger partial charge in [-0.2, -0.15) is 26.3 Å². The summed E-state index contributed by atoms with van der Waals surface area (Å²) in [6, 6.07) is 2.34. The molecule has 0 aliphatic rings. The molecule has 0 spiro atoms. The molecule has 0 N–H and O–H groups in total. The second kappa shape index (κ2) is 7.37. The molecule has 2 rings (SSSR count). The van der Waals surface area contributed by atoms with Gasteiger partial charge >= 0.3 is 29.7 Å². The number of hydrogen-bond donors (Lipinski definition) is 0. The van der Waals surface area contributed by atoms with E-state index in [1.165, 1.54) is 0 Å². The summed E-state index contributed by atoms with van der Waals surface area (Å²) in [5.41, 5.74) is -6.96. The summed E-state index contributed by atoms with van der Waals surface area (Å²) in [4.78, 5) is 31.3. The van der Waals surface area contributed by atoms with E-state index in [4.69, 9.17) is 0 Å². The van der Waals surface area contributed by atoms with Gasteiger partial charge in [-0.3, -0.25) is 20.2 Å². The number of carbonyl (C=O) groups excluding carboxylic acids is 1. The van der Waals surface area contributed by atoms with Crippen LogP contribution in [0.1, 0.15) is 21.5 Å². The molecular formula is C15H6F6N2O6. The number of hydrogen-bond acceptors (Lipinski definition) is 6. The number of nitrogens with zero attached hydrogens (tertiary/aromatic N) is 2. The lowest BCUT2D eigenvalue weighted by Gasteiger charge is -2.11. The summed E-state index contributed by atoms with van der Waals surface area (Å²) in [5.74, 6) is -3.13. The molecule has 14 heteroatoms. The molecule has 0 fully saturated rings. The van der Waals surface area contributed by atoms with E-state index in [0.717, 1.165) is 12.1 Å². The maximum absolute atomic E-state index is 12.8. The molecule has 0 amide bonds. The number of nitro groups is 2. The molecule has 0 atom stereocenters. The van der Waals surface area contributed by atoms with Crippen molar-refractivity contribution in [2.45, 2.75) is 12.4 Å². The van der Waals surface area contributed by atoms with E-state index in [-0.39, 0.29) is 12.1 Å². The maximum Gasteiger partial charge on any atom is 0.416 e. The van der Waals surface area contributed by atoms with Crippen LogP contribution in [0.15, 0.2) is 36.4 Å². The molecule has 0 aromatic heterocycles. The van der Waals surface area contributed by atoms with E-state index in [2.05, 4.69) is 4.74 Å². The third-order valence-corrected chi connectivity index (χ3v) is 3.39. The van der Waals surface area contributed by atoms with Gasteiger partial charge in [-0.25, -0.2) is 4.79 Å². The van der Waals surface area contributed by atoms with Gasteiger partial charge in [-0.15, -0.1) is 0 Å². The molecule has 2 aromatic carbocycles. The van der Waals surface area contributed by atoms with Crippen molar-refractivity contribution in [3.05, 3.63) is 73.3 Å². The summed E-state index contributed by atoms with van der Waals surface area (Å²) in [6.45, 7) is 0. The van der Waals surface area contributed by atoms with Crippen LogP contribution in [0.5, 0.6) is 5.75 Å². The van der Waals surface area contributed by atoms with Gasteiger partial charge in [0.2, 0.25) is 0 Å². The number of nitro benzene ring substituents is 2. The van der Waals surface area contributed by atoms with E-state index in [1.807, 2.05) is 0 Å². The van der Waals surface area contributed by atoms with Gasteiger partial charge < -0.3 is 4.74 Å². The summed E-state index contributed by atoms with van der Waals surface area (Å²) in [5, 5.41) is 22.1. The van der Waals surface area contributed by atoms with Crippen LogP contribution in [-0.2, 0) is 12.4 Å². The van der Waals surface area contributed by atoms with Crippen molar-refractivity contribution in [3.63, 3.8) is 0 Å². The molecule has 2 aromatic rings. The molecule has 0 unspecified atom stereocenters. The summed E-state index contributed by atoms with van der Waals surface area (Å²) in [7, 11) is 0. The van der Waals surface area contributed by atoms with Gasteiger partial charge in [0, 0.05) is 12.1 Å². The Hall–Kier alpha value is -3.71. The first-order chi connectivity index (χ1) is 13.2. The molecule has 154 valence electrons. The van der Waals surface area contributed by atoms with E-state index in [1.54, 1.807) is 0 Å². The normalized spacial score (nSPS) is 11.8. The lowest BCUT2D eigenvalue weighted by molar-refractivity contribution is -0.396. The smallest absolute Gasteiger partial charge is 0.408 e. The molecule has 0 bridgehead atoms. The van der Waals surface area contributed by atoms with Crippen LogP contribution in [0.3, 0.4) is 0 Å². The second-order valence-electron chi connectivity index (χ2n) is 5.32. The zero-order chi connectivity index (χ0) is 22.1. The standard InChI is InChI=1S/C15H6F6N2O6/c16-14(17,18)8-3-1-2-7(4-8)13(24)29-12-10(22(25)26)5-9(15(19,20)21)6-11(12)23(27)28/h1-6H. The topological polar surface area (TPSA) is 113 Å². The zero-order valence-electron chi connectivity index (χ0n) is 13.6. The largest absolute Gasteiger partial charge is 0.416 e. The van der Waals surface area contributed by atoms with Gasteiger partial charge in [0.05, 0.1) is 26.5 Å².